The Hall–Kier alpha value is -2.08. The molecule has 21 heavy (non-hydrogen) atoms. The van der Waals surface area contributed by atoms with E-state index in [0.29, 0.717) is 0 Å². The van der Waals surface area contributed by atoms with Crippen LogP contribution in [0.25, 0.3) is 0 Å². The number of carboxylic acids is 2. The molecule has 0 saturated carbocycles. The number of hydrogen-bond acceptors (Lipinski definition) is 4. The van der Waals surface area contributed by atoms with E-state index in [4.69, 9.17) is 14.9 Å². The van der Waals surface area contributed by atoms with Gasteiger partial charge in [-0.15, -0.1) is 0 Å². The van der Waals surface area contributed by atoms with Gasteiger partial charge in [0.05, 0.1) is 19.2 Å². The lowest BCUT2D eigenvalue weighted by atomic mass is 10.1. The van der Waals surface area contributed by atoms with Crippen LogP contribution in [0, 0.1) is 0 Å². The summed E-state index contributed by atoms with van der Waals surface area (Å²) in [4.78, 5) is 23.1. The predicted octanol–water partition coefficient (Wildman–Crippen LogP) is 2.01. The molecule has 6 heteroatoms. The first-order valence-corrected chi connectivity index (χ1v) is 6.74. The zero-order valence-corrected chi connectivity index (χ0v) is 12.4. The Labute approximate surface area is 124 Å². The fourth-order valence-electron chi connectivity index (χ4n) is 1.99. The Morgan fingerprint density at radius 1 is 1.05 bits per heavy atom. The van der Waals surface area contributed by atoms with Crippen LogP contribution in [0.3, 0.4) is 0 Å². The highest BCUT2D eigenvalue weighted by Gasteiger charge is 2.21. The van der Waals surface area contributed by atoms with Crippen LogP contribution in [0.5, 0.6) is 5.75 Å². The molecule has 6 nitrogen and oxygen atoms in total. The lowest BCUT2D eigenvalue weighted by Crippen LogP contribution is -2.36. The molecule has 0 spiro atoms. The third kappa shape index (κ3) is 5.83. The SMILES string of the molecule is CC(C)Oc1ccc(C(C)N(CC(=O)O)CC(=O)O)cc1. The molecule has 1 aromatic carbocycles. The van der Waals surface area contributed by atoms with Gasteiger partial charge in [0.2, 0.25) is 0 Å². The van der Waals surface area contributed by atoms with Crippen molar-refractivity contribution in [2.75, 3.05) is 13.1 Å². The van der Waals surface area contributed by atoms with Gasteiger partial charge in [-0.05, 0) is 38.5 Å². The lowest BCUT2D eigenvalue weighted by molar-refractivity contribution is -0.142. The number of hydrogen-bond donors (Lipinski definition) is 2. The van der Waals surface area contributed by atoms with Gasteiger partial charge in [-0.2, -0.15) is 0 Å². The Kier molecular flexibility index (Phi) is 6.17. The topological polar surface area (TPSA) is 87.1 Å². The first-order chi connectivity index (χ1) is 9.79. The van der Waals surface area contributed by atoms with Gasteiger partial charge < -0.3 is 14.9 Å². The fraction of sp³-hybridized carbons (Fsp3) is 0.467. The molecule has 1 atom stereocenters. The van der Waals surface area contributed by atoms with Gasteiger partial charge in [-0.3, -0.25) is 14.5 Å². The van der Waals surface area contributed by atoms with Gasteiger partial charge in [0.1, 0.15) is 5.75 Å². The summed E-state index contributed by atoms with van der Waals surface area (Å²) >= 11 is 0. The summed E-state index contributed by atoms with van der Waals surface area (Å²) in [6.45, 7) is 5.00. The smallest absolute Gasteiger partial charge is 0.317 e. The van der Waals surface area contributed by atoms with Crippen molar-refractivity contribution in [1.29, 1.82) is 0 Å². The van der Waals surface area contributed by atoms with E-state index in [0.717, 1.165) is 11.3 Å². The minimum atomic E-state index is -1.05. The number of benzene rings is 1. The maximum Gasteiger partial charge on any atom is 0.317 e. The van der Waals surface area contributed by atoms with E-state index in [9.17, 15) is 9.59 Å². The number of rotatable bonds is 8. The molecule has 0 aliphatic carbocycles. The second-order valence-corrected chi connectivity index (χ2v) is 5.10. The zero-order valence-electron chi connectivity index (χ0n) is 12.4. The van der Waals surface area contributed by atoms with Gasteiger partial charge >= 0.3 is 11.9 Å². The van der Waals surface area contributed by atoms with Crippen molar-refractivity contribution in [3.8, 4) is 5.75 Å². The molecule has 0 saturated heterocycles. The molecule has 0 fully saturated rings. The molecule has 1 unspecified atom stereocenters. The van der Waals surface area contributed by atoms with Crippen LogP contribution < -0.4 is 4.74 Å². The summed E-state index contributed by atoms with van der Waals surface area (Å²) in [6.07, 6.45) is 0.0730. The van der Waals surface area contributed by atoms with Crippen molar-refractivity contribution in [3.05, 3.63) is 29.8 Å². The molecule has 1 aromatic rings. The van der Waals surface area contributed by atoms with Crippen molar-refractivity contribution < 1.29 is 24.5 Å². The number of carboxylic acid groups (broad SMARTS) is 2. The highest BCUT2D eigenvalue weighted by Crippen LogP contribution is 2.23. The average Bonchev–Trinajstić information content (AvgIpc) is 2.36. The largest absolute Gasteiger partial charge is 0.491 e. The molecule has 0 heterocycles. The molecule has 0 radical (unpaired) electrons. The third-order valence-corrected chi connectivity index (χ3v) is 2.96. The van der Waals surface area contributed by atoms with Gasteiger partial charge in [-0.25, -0.2) is 0 Å². The highest BCUT2D eigenvalue weighted by molar-refractivity contribution is 5.72. The van der Waals surface area contributed by atoms with Crippen LogP contribution in [-0.2, 0) is 9.59 Å². The summed E-state index contributed by atoms with van der Waals surface area (Å²) in [5, 5.41) is 17.8. The minimum absolute atomic E-state index is 0.0730. The average molecular weight is 295 g/mol. The van der Waals surface area contributed by atoms with Crippen LogP contribution >= 0.6 is 0 Å². The summed E-state index contributed by atoms with van der Waals surface area (Å²) < 4.78 is 5.54. The van der Waals surface area contributed by atoms with Crippen molar-refractivity contribution in [2.45, 2.75) is 32.9 Å². The Morgan fingerprint density at radius 3 is 1.90 bits per heavy atom. The van der Waals surface area contributed by atoms with Gasteiger partial charge in [0.25, 0.3) is 0 Å². The van der Waals surface area contributed by atoms with Crippen LogP contribution in [0.1, 0.15) is 32.4 Å². The highest BCUT2D eigenvalue weighted by atomic mass is 16.5. The number of carbonyl (C=O) groups is 2. The lowest BCUT2D eigenvalue weighted by Gasteiger charge is -2.26. The fourth-order valence-corrected chi connectivity index (χ4v) is 1.99. The van der Waals surface area contributed by atoms with Crippen molar-refractivity contribution in [2.24, 2.45) is 0 Å². The molecule has 0 aliphatic rings. The number of nitrogens with zero attached hydrogens (tertiary/aromatic N) is 1. The first-order valence-electron chi connectivity index (χ1n) is 6.74. The normalized spacial score (nSPS) is 12.4. The molecular weight excluding hydrogens is 274 g/mol. The van der Waals surface area contributed by atoms with Crippen molar-refractivity contribution >= 4 is 11.9 Å². The minimum Gasteiger partial charge on any atom is -0.491 e. The molecule has 0 aliphatic heterocycles. The quantitative estimate of drug-likeness (QED) is 0.763. The van der Waals surface area contributed by atoms with Crippen LogP contribution in [0.15, 0.2) is 24.3 Å². The predicted molar refractivity (Wildman–Crippen MR) is 77.5 cm³/mol. The van der Waals surface area contributed by atoms with Gasteiger partial charge in [0.15, 0.2) is 0 Å². The summed E-state index contributed by atoms with van der Waals surface area (Å²) in [6, 6.07) is 6.92. The Bertz CT molecular complexity index is 467. The molecule has 2 N–H and O–H groups in total. The van der Waals surface area contributed by atoms with E-state index >= 15 is 0 Å². The van der Waals surface area contributed by atoms with Crippen LogP contribution in [0.2, 0.25) is 0 Å². The van der Waals surface area contributed by atoms with E-state index in [1.165, 1.54) is 4.90 Å². The van der Waals surface area contributed by atoms with E-state index in [2.05, 4.69) is 0 Å². The maximum absolute atomic E-state index is 10.8. The molecule has 1 rings (SSSR count). The monoisotopic (exact) mass is 295 g/mol. The van der Waals surface area contributed by atoms with E-state index in [1.807, 2.05) is 26.0 Å². The standard InChI is InChI=1S/C15H21NO5/c1-10(2)21-13-6-4-12(5-7-13)11(3)16(8-14(17)18)9-15(19)20/h4-7,10-11H,8-9H2,1-3H3,(H,17,18)(H,19,20). The number of ether oxygens (including phenoxy) is 1. The van der Waals surface area contributed by atoms with Crippen LogP contribution in [-0.4, -0.2) is 46.2 Å². The number of aliphatic carboxylic acids is 2. The van der Waals surface area contributed by atoms with E-state index in [-0.39, 0.29) is 25.2 Å². The maximum atomic E-state index is 10.8. The van der Waals surface area contributed by atoms with Crippen LogP contribution in [0.4, 0.5) is 0 Å². The molecule has 0 amide bonds. The molecule has 116 valence electrons. The summed E-state index contributed by atoms with van der Waals surface area (Å²) in [7, 11) is 0. The van der Waals surface area contributed by atoms with Gasteiger partial charge in [0, 0.05) is 6.04 Å². The zero-order chi connectivity index (χ0) is 16.0. The first kappa shape index (κ1) is 17.0. The van der Waals surface area contributed by atoms with Crippen molar-refractivity contribution in [3.63, 3.8) is 0 Å². The molecule has 0 bridgehead atoms. The molecule has 0 aromatic heterocycles. The second kappa shape index (κ2) is 7.64. The second-order valence-electron chi connectivity index (χ2n) is 5.10. The van der Waals surface area contributed by atoms with Gasteiger partial charge in [-0.1, -0.05) is 12.1 Å². The Morgan fingerprint density at radius 2 is 1.52 bits per heavy atom. The summed E-state index contributed by atoms with van der Waals surface area (Å²) in [5.74, 6) is -1.38. The third-order valence-electron chi connectivity index (χ3n) is 2.96. The Balaban J connectivity index is 2.84. The van der Waals surface area contributed by atoms with Crippen molar-refractivity contribution in [1.82, 2.24) is 4.90 Å². The molecular formula is C15H21NO5. The summed E-state index contributed by atoms with van der Waals surface area (Å²) in [5.41, 5.74) is 0.841. The van der Waals surface area contributed by atoms with E-state index in [1.54, 1.807) is 19.1 Å². The van der Waals surface area contributed by atoms with E-state index < -0.39 is 11.9 Å².